The van der Waals surface area contributed by atoms with E-state index in [2.05, 4.69) is 31.2 Å². The third kappa shape index (κ3) is 3.19. The highest BCUT2D eigenvalue weighted by molar-refractivity contribution is 9.10. The molecule has 3 aromatic rings. The van der Waals surface area contributed by atoms with E-state index in [1.54, 1.807) is 17.0 Å². The Morgan fingerprint density at radius 3 is 2.82 bits per heavy atom. The molecule has 0 aliphatic rings. The molecule has 2 aromatic carbocycles. The van der Waals surface area contributed by atoms with Gasteiger partial charge in [-0.1, -0.05) is 51.8 Å². The molecule has 0 aliphatic carbocycles. The minimum absolute atomic E-state index is 0.404. The molecule has 1 aromatic heterocycles. The molecule has 4 nitrogen and oxygen atoms in total. The average molecular weight is 394 g/mol. The zero-order valence-corrected chi connectivity index (χ0v) is 14.4. The van der Waals surface area contributed by atoms with Gasteiger partial charge in [0.15, 0.2) is 5.82 Å². The van der Waals surface area contributed by atoms with Gasteiger partial charge in [0.25, 0.3) is 0 Å². The molecule has 1 N–H and O–H groups in total. The lowest BCUT2D eigenvalue weighted by Crippen LogP contribution is -1.95. The molecule has 0 unspecified atom stereocenters. The van der Waals surface area contributed by atoms with Gasteiger partial charge in [0.05, 0.1) is 11.2 Å². The normalized spacial score (nSPS) is 11.2. The Morgan fingerprint density at radius 1 is 1.23 bits per heavy atom. The van der Waals surface area contributed by atoms with Crippen LogP contribution in [0.4, 0.5) is 0 Å². The third-order valence-corrected chi connectivity index (χ3v) is 4.02. The molecular formula is C15H10BrClN4S. The van der Waals surface area contributed by atoms with Crippen molar-refractivity contribution in [3.8, 4) is 11.4 Å². The van der Waals surface area contributed by atoms with Crippen molar-refractivity contribution in [3.05, 3.63) is 68.4 Å². The fourth-order valence-electron chi connectivity index (χ4n) is 1.93. The summed E-state index contributed by atoms with van der Waals surface area (Å²) in [6.07, 6.45) is 1.72. The number of hydrogen-bond donors (Lipinski definition) is 1. The van der Waals surface area contributed by atoms with E-state index in [1.807, 2.05) is 42.5 Å². The second kappa shape index (κ2) is 6.56. The van der Waals surface area contributed by atoms with Crippen LogP contribution in [0.15, 0.2) is 58.1 Å². The number of rotatable bonds is 3. The van der Waals surface area contributed by atoms with Gasteiger partial charge in [-0.2, -0.15) is 14.9 Å². The number of halogens is 2. The van der Waals surface area contributed by atoms with Gasteiger partial charge in [0.1, 0.15) is 0 Å². The Labute approximate surface area is 145 Å². The van der Waals surface area contributed by atoms with Gasteiger partial charge in [0.2, 0.25) is 4.77 Å². The standard InChI is InChI=1S/C15H10BrClN4S/c16-11-5-3-4-10(8-11)9-18-21-14(19-20-15(21)22)12-6-1-2-7-13(12)17/h1-9H,(H,20,22)/b18-9+. The molecule has 0 atom stereocenters. The molecule has 110 valence electrons. The van der Waals surface area contributed by atoms with Crippen molar-refractivity contribution in [3.63, 3.8) is 0 Å². The number of benzene rings is 2. The minimum atomic E-state index is 0.404. The molecule has 0 fully saturated rings. The molecule has 0 saturated heterocycles. The second-order valence-electron chi connectivity index (χ2n) is 4.44. The monoisotopic (exact) mass is 392 g/mol. The molecule has 7 heteroatoms. The second-order valence-corrected chi connectivity index (χ2v) is 6.15. The lowest BCUT2D eigenvalue weighted by atomic mass is 10.2. The van der Waals surface area contributed by atoms with E-state index in [0.29, 0.717) is 15.6 Å². The van der Waals surface area contributed by atoms with E-state index in [0.717, 1.165) is 15.6 Å². The zero-order valence-electron chi connectivity index (χ0n) is 11.2. The highest BCUT2D eigenvalue weighted by atomic mass is 79.9. The van der Waals surface area contributed by atoms with Crippen LogP contribution in [-0.2, 0) is 0 Å². The van der Waals surface area contributed by atoms with Crippen LogP contribution in [0.1, 0.15) is 5.56 Å². The fourth-order valence-corrected chi connectivity index (χ4v) is 2.74. The molecule has 3 rings (SSSR count). The van der Waals surface area contributed by atoms with Crippen LogP contribution in [0.3, 0.4) is 0 Å². The largest absolute Gasteiger partial charge is 0.250 e. The molecular weight excluding hydrogens is 384 g/mol. The van der Waals surface area contributed by atoms with Crippen molar-refractivity contribution < 1.29 is 0 Å². The highest BCUT2D eigenvalue weighted by Gasteiger charge is 2.11. The summed E-state index contributed by atoms with van der Waals surface area (Å²) in [4.78, 5) is 0. The van der Waals surface area contributed by atoms with Crippen LogP contribution in [0.25, 0.3) is 11.4 Å². The van der Waals surface area contributed by atoms with Gasteiger partial charge in [-0.05, 0) is 42.0 Å². The van der Waals surface area contributed by atoms with Crippen LogP contribution in [0.5, 0.6) is 0 Å². The predicted octanol–water partition coefficient (Wildman–Crippen LogP) is 4.91. The third-order valence-electron chi connectivity index (χ3n) is 2.94. The van der Waals surface area contributed by atoms with E-state index >= 15 is 0 Å². The Hall–Kier alpha value is -1.76. The Morgan fingerprint density at radius 2 is 2.05 bits per heavy atom. The van der Waals surface area contributed by atoms with Gasteiger partial charge in [-0.3, -0.25) is 0 Å². The van der Waals surface area contributed by atoms with Crippen LogP contribution < -0.4 is 0 Å². The number of hydrogen-bond acceptors (Lipinski definition) is 3. The number of aromatic nitrogens is 3. The van der Waals surface area contributed by atoms with Crippen LogP contribution >= 0.6 is 39.7 Å². The van der Waals surface area contributed by atoms with E-state index < -0.39 is 0 Å². The van der Waals surface area contributed by atoms with Gasteiger partial charge in [0, 0.05) is 10.0 Å². The van der Waals surface area contributed by atoms with Gasteiger partial charge in [-0.25, -0.2) is 5.10 Å². The molecule has 0 radical (unpaired) electrons. The Kier molecular flexibility index (Phi) is 4.52. The maximum Gasteiger partial charge on any atom is 0.216 e. The molecule has 0 amide bonds. The molecule has 0 saturated carbocycles. The predicted molar refractivity (Wildman–Crippen MR) is 95.0 cm³/mol. The molecule has 0 aliphatic heterocycles. The topological polar surface area (TPSA) is 46.0 Å². The number of nitrogens with zero attached hydrogens (tertiary/aromatic N) is 3. The van der Waals surface area contributed by atoms with E-state index in [4.69, 9.17) is 23.8 Å². The van der Waals surface area contributed by atoms with E-state index in [1.165, 1.54) is 0 Å². The van der Waals surface area contributed by atoms with Crippen LogP contribution in [-0.4, -0.2) is 21.1 Å². The van der Waals surface area contributed by atoms with E-state index in [9.17, 15) is 0 Å². The van der Waals surface area contributed by atoms with Crippen LogP contribution in [0.2, 0.25) is 5.02 Å². The SMILES string of the molecule is S=c1[nH]nc(-c2ccccc2Cl)n1/N=C/c1cccc(Br)c1. The maximum absolute atomic E-state index is 6.22. The van der Waals surface area contributed by atoms with E-state index in [-0.39, 0.29) is 0 Å². The van der Waals surface area contributed by atoms with Crippen molar-refractivity contribution in [2.24, 2.45) is 5.10 Å². The Balaban J connectivity index is 2.04. The highest BCUT2D eigenvalue weighted by Crippen LogP contribution is 2.25. The molecule has 22 heavy (non-hydrogen) atoms. The van der Waals surface area contributed by atoms with Gasteiger partial charge < -0.3 is 0 Å². The summed E-state index contributed by atoms with van der Waals surface area (Å²) in [5, 5.41) is 12.0. The fraction of sp³-hybridized carbons (Fsp3) is 0. The van der Waals surface area contributed by atoms with Crippen LogP contribution in [0, 0.1) is 4.77 Å². The number of H-pyrrole nitrogens is 1. The summed E-state index contributed by atoms with van der Waals surface area (Å²) in [5.41, 5.74) is 1.71. The lowest BCUT2D eigenvalue weighted by molar-refractivity contribution is 0.871. The summed E-state index contributed by atoms with van der Waals surface area (Å²) in [7, 11) is 0. The smallest absolute Gasteiger partial charge is 0.216 e. The summed E-state index contributed by atoms with van der Waals surface area (Å²) in [6.45, 7) is 0. The van der Waals surface area contributed by atoms with Crippen molar-refractivity contribution in [2.45, 2.75) is 0 Å². The first-order valence-corrected chi connectivity index (χ1v) is 7.95. The van der Waals surface area contributed by atoms with Gasteiger partial charge in [-0.15, -0.1) is 0 Å². The van der Waals surface area contributed by atoms with Crippen molar-refractivity contribution >= 4 is 46.0 Å². The first-order chi connectivity index (χ1) is 10.6. The summed E-state index contributed by atoms with van der Waals surface area (Å²) in [6, 6.07) is 15.2. The van der Waals surface area contributed by atoms with Gasteiger partial charge >= 0.3 is 0 Å². The minimum Gasteiger partial charge on any atom is -0.250 e. The first-order valence-electron chi connectivity index (χ1n) is 6.37. The number of aromatic amines is 1. The van der Waals surface area contributed by atoms with Crippen molar-refractivity contribution in [1.29, 1.82) is 0 Å². The first kappa shape index (κ1) is 15.1. The summed E-state index contributed by atoms with van der Waals surface area (Å²) in [5.74, 6) is 0.571. The zero-order chi connectivity index (χ0) is 15.5. The molecule has 0 spiro atoms. The maximum atomic E-state index is 6.22. The average Bonchev–Trinajstić information content (AvgIpc) is 2.87. The van der Waals surface area contributed by atoms with Crippen molar-refractivity contribution in [2.75, 3.05) is 0 Å². The summed E-state index contributed by atoms with van der Waals surface area (Å²) >= 11 is 14.9. The molecule has 1 heterocycles. The Bertz CT molecular complexity index is 900. The number of nitrogens with one attached hydrogen (secondary N) is 1. The quantitative estimate of drug-likeness (QED) is 0.508. The summed E-state index contributed by atoms with van der Waals surface area (Å²) < 4.78 is 2.94. The van der Waals surface area contributed by atoms with Crippen molar-refractivity contribution in [1.82, 2.24) is 14.9 Å². The lowest BCUT2D eigenvalue weighted by Gasteiger charge is -2.03. The molecule has 0 bridgehead atoms.